The second-order valence-electron chi connectivity index (χ2n) is 16.0. The van der Waals surface area contributed by atoms with E-state index >= 15 is 0 Å². The summed E-state index contributed by atoms with van der Waals surface area (Å²) in [4.78, 5) is 96.8. The van der Waals surface area contributed by atoms with Crippen molar-refractivity contribution in [2.45, 2.75) is 114 Å². The maximum Gasteiger partial charge on any atom is 0.345 e. The fraction of sp³-hybridized carbons (Fsp3) is 0.537. The molecule has 2 aromatic carbocycles. The van der Waals surface area contributed by atoms with Crippen LogP contribution in [0.4, 0.5) is 0 Å². The van der Waals surface area contributed by atoms with Gasteiger partial charge in [0.25, 0.3) is 0 Å². The van der Waals surface area contributed by atoms with Crippen molar-refractivity contribution in [1.82, 2.24) is 5.48 Å². The van der Waals surface area contributed by atoms with Gasteiger partial charge in [-0.1, -0.05) is 102 Å². The number of esters is 2. The lowest BCUT2D eigenvalue weighted by Crippen LogP contribution is -2.70. The quantitative estimate of drug-likeness (QED) is 0.0263. The van der Waals surface area contributed by atoms with Crippen molar-refractivity contribution in [2.24, 2.45) is 52.3 Å². The van der Waals surface area contributed by atoms with Gasteiger partial charge in [-0.15, -0.1) is 5.48 Å². The molecule has 15 N–H and O–H groups in total. The number of aliphatic carboxylic acids is 3. The molecule has 0 amide bonds. The Labute approximate surface area is 353 Å². The van der Waals surface area contributed by atoms with Gasteiger partial charge in [0.05, 0.1) is 12.1 Å². The van der Waals surface area contributed by atoms with Crippen LogP contribution < -0.4 is 34.1 Å². The zero-order chi connectivity index (χ0) is 46.6. The molecule has 0 saturated heterocycles. The molecule has 0 saturated carbocycles. The highest BCUT2D eigenvalue weighted by atomic mass is 16.7. The summed E-state index contributed by atoms with van der Waals surface area (Å²) in [5.74, 6) is -15.5. The number of nitrogens with one attached hydrogen (secondary N) is 1. The van der Waals surface area contributed by atoms with E-state index in [1.807, 2.05) is 0 Å². The van der Waals surface area contributed by atoms with Gasteiger partial charge in [-0.2, -0.15) is 0 Å². The first-order valence-electron chi connectivity index (χ1n) is 19.5. The number of hydroxylamine groups is 1. The SMILES string of the molecule is CC(C)C(N)(C(=O)O)C(=O)CCC(O)C(Cc1ccccc1)NOC(=O)C(N)C(OC(=O)C(N)C(C(=O)OCc1ccccc1)C(N)(C(=O)O)C(C)C)C(N)(C(=O)O)C(C)C. The van der Waals surface area contributed by atoms with Crippen molar-refractivity contribution in [3.8, 4) is 0 Å². The van der Waals surface area contributed by atoms with Crippen LogP contribution in [0.5, 0.6) is 0 Å². The van der Waals surface area contributed by atoms with Crippen molar-refractivity contribution in [1.29, 1.82) is 0 Å². The Morgan fingerprint density at radius 2 is 1.15 bits per heavy atom. The smallest absolute Gasteiger partial charge is 0.345 e. The molecule has 0 fully saturated rings. The zero-order valence-electron chi connectivity index (χ0n) is 35.1. The van der Waals surface area contributed by atoms with Gasteiger partial charge in [-0.3, -0.25) is 24.0 Å². The van der Waals surface area contributed by atoms with Crippen LogP contribution in [0.1, 0.15) is 65.5 Å². The fourth-order valence-electron chi connectivity index (χ4n) is 6.53. The van der Waals surface area contributed by atoms with E-state index in [2.05, 4.69) is 5.48 Å². The molecule has 0 spiro atoms. The summed E-state index contributed by atoms with van der Waals surface area (Å²) >= 11 is 0. The summed E-state index contributed by atoms with van der Waals surface area (Å²) in [6.45, 7) is 7.87. The summed E-state index contributed by atoms with van der Waals surface area (Å²) < 4.78 is 10.8. The van der Waals surface area contributed by atoms with E-state index in [1.54, 1.807) is 60.7 Å². The lowest BCUT2D eigenvalue weighted by molar-refractivity contribution is -0.179. The zero-order valence-corrected chi connectivity index (χ0v) is 35.1. The van der Waals surface area contributed by atoms with Gasteiger partial charge in [0.15, 0.2) is 23.0 Å². The number of hydrogen-bond acceptors (Lipinski definition) is 17. The van der Waals surface area contributed by atoms with Crippen LogP contribution >= 0.6 is 0 Å². The molecule has 0 bridgehead atoms. The third kappa shape index (κ3) is 12.2. The molecule has 9 atom stereocenters. The lowest BCUT2D eigenvalue weighted by atomic mass is 9.72. The van der Waals surface area contributed by atoms with Crippen LogP contribution in [0.15, 0.2) is 60.7 Å². The summed E-state index contributed by atoms with van der Waals surface area (Å²) in [7, 11) is 0. The summed E-state index contributed by atoms with van der Waals surface area (Å²) in [6, 6.07) is 10.9. The number of benzene rings is 2. The summed E-state index contributed by atoms with van der Waals surface area (Å²) in [6.07, 6.45) is -4.72. The molecule has 2 rings (SSSR count). The Morgan fingerprint density at radius 3 is 1.59 bits per heavy atom. The molecule has 0 aliphatic carbocycles. The molecular formula is C41H60N6O14. The molecule has 0 heterocycles. The first kappa shape index (κ1) is 51.8. The van der Waals surface area contributed by atoms with E-state index < -0.39 is 119 Å². The minimum absolute atomic E-state index is 0.0488. The molecule has 0 aliphatic rings. The highest BCUT2D eigenvalue weighted by molar-refractivity contribution is 6.07. The van der Waals surface area contributed by atoms with Gasteiger partial charge in [0, 0.05) is 6.42 Å². The number of nitrogens with two attached hydrogens (primary N) is 5. The van der Waals surface area contributed by atoms with Gasteiger partial charge in [-0.05, 0) is 41.7 Å². The van der Waals surface area contributed by atoms with Crippen LogP contribution in [0, 0.1) is 23.7 Å². The Morgan fingerprint density at radius 1 is 0.656 bits per heavy atom. The fourth-order valence-corrected chi connectivity index (χ4v) is 6.53. The Bertz CT molecular complexity index is 1850. The number of aliphatic hydroxyl groups excluding tert-OH is 1. The maximum atomic E-state index is 13.9. The Kier molecular flexibility index (Phi) is 18.6. The summed E-state index contributed by atoms with van der Waals surface area (Å²) in [5, 5.41) is 41.5. The molecular weight excluding hydrogens is 800 g/mol. The Balaban J connectivity index is 2.50. The number of hydrogen-bond donors (Lipinski definition) is 10. The van der Waals surface area contributed by atoms with Crippen molar-refractivity contribution >= 4 is 41.6 Å². The van der Waals surface area contributed by atoms with E-state index in [1.165, 1.54) is 41.5 Å². The number of aliphatic hydroxyl groups is 1. The van der Waals surface area contributed by atoms with Crippen molar-refractivity contribution in [3.05, 3.63) is 71.8 Å². The number of carboxylic acids is 3. The van der Waals surface area contributed by atoms with E-state index in [4.69, 9.17) is 43.0 Å². The number of ether oxygens (including phenoxy) is 2. The summed E-state index contributed by atoms with van der Waals surface area (Å²) in [5.41, 5.74) is 27.1. The standard InChI is InChI=1S/C41H60N6O14/c1-21(2)39(44,36(53)54)28(49)18-17-27(48)26(19-24-13-9-7-10-14-24)47-61-35(52)31(43)32(41(46,23(5)6)38(57)58)60-34(51)30(42)29(40(45,22(3)4)37(55)56)33(50)59-20-25-15-11-8-12-16-25/h7-16,21-23,26-27,29-32,47-48H,17-20,42-46H2,1-6H3,(H,53,54)(H,55,56)(H,57,58). The first-order valence-corrected chi connectivity index (χ1v) is 19.5. The first-order chi connectivity index (χ1) is 28.3. The normalized spacial score (nSPS) is 17.6. The predicted molar refractivity (Wildman–Crippen MR) is 217 cm³/mol. The third-order valence-electron chi connectivity index (χ3n) is 11.1. The lowest BCUT2D eigenvalue weighted by Gasteiger charge is -2.40. The van der Waals surface area contributed by atoms with Crippen LogP contribution in [0.2, 0.25) is 0 Å². The molecule has 2 aromatic rings. The predicted octanol–water partition coefficient (Wildman–Crippen LogP) is -0.404. The largest absolute Gasteiger partial charge is 0.480 e. The van der Waals surface area contributed by atoms with E-state index in [9.17, 15) is 54.0 Å². The topological polar surface area (TPSA) is 370 Å². The molecule has 9 unspecified atom stereocenters. The van der Waals surface area contributed by atoms with Crippen LogP contribution in [0.3, 0.4) is 0 Å². The number of carbonyl (C=O) groups excluding carboxylic acids is 4. The number of rotatable bonds is 25. The van der Waals surface area contributed by atoms with Crippen LogP contribution in [-0.4, -0.2) is 109 Å². The molecule has 20 heteroatoms. The Hall–Kier alpha value is -5.35. The maximum absolute atomic E-state index is 13.9. The highest BCUT2D eigenvalue weighted by Gasteiger charge is 2.57. The van der Waals surface area contributed by atoms with Crippen molar-refractivity contribution < 1.29 is 68.3 Å². The molecule has 20 nitrogen and oxygen atoms in total. The van der Waals surface area contributed by atoms with E-state index in [0.29, 0.717) is 11.1 Å². The van der Waals surface area contributed by atoms with Gasteiger partial charge < -0.3 is 63.4 Å². The minimum atomic E-state index is -2.67. The van der Waals surface area contributed by atoms with Gasteiger partial charge in [0.1, 0.15) is 30.1 Å². The molecule has 0 radical (unpaired) electrons. The van der Waals surface area contributed by atoms with Gasteiger partial charge in [0.2, 0.25) is 0 Å². The monoisotopic (exact) mass is 860 g/mol. The number of ketones is 1. The average molecular weight is 861 g/mol. The van der Waals surface area contributed by atoms with Crippen LogP contribution in [0.25, 0.3) is 0 Å². The number of carboxylic acid groups (broad SMARTS) is 3. The van der Waals surface area contributed by atoms with Gasteiger partial charge >= 0.3 is 35.8 Å². The second-order valence-corrected chi connectivity index (χ2v) is 16.0. The molecule has 338 valence electrons. The van der Waals surface area contributed by atoms with E-state index in [-0.39, 0.29) is 19.4 Å². The number of carbonyl (C=O) groups is 7. The van der Waals surface area contributed by atoms with Crippen LogP contribution in [-0.2, 0) is 60.9 Å². The van der Waals surface area contributed by atoms with E-state index in [0.717, 1.165) is 0 Å². The minimum Gasteiger partial charge on any atom is -0.480 e. The van der Waals surface area contributed by atoms with Gasteiger partial charge in [-0.25, -0.2) is 9.59 Å². The highest BCUT2D eigenvalue weighted by Crippen LogP contribution is 2.31. The molecule has 0 aromatic heterocycles. The van der Waals surface area contributed by atoms with Crippen molar-refractivity contribution in [3.63, 3.8) is 0 Å². The average Bonchev–Trinajstić information content (AvgIpc) is 3.21. The van der Waals surface area contributed by atoms with Crippen molar-refractivity contribution in [2.75, 3.05) is 0 Å². The number of Topliss-reactive ketones (excluding diaryl/α,β-unsaturated/α-hetero) is 1. The molecule has 61 heavy (non-hydrogen) atoms. The second kappa shape index (κ2) is 22.0. The third-order valence-corrected chi connectivity index (χ3v) is 11.1. The molecule has 0 aliphatic heterocycles.